The van der Waals surface area contributed by atoms with E-state index in [1.54, 1.807) is 0 Å². The van der Waals surface area contributed by atoms with E-state index in [0.29, 0.717) is 19.4 Å². The Morgan fingerprint density at radius 3 is 2.41 bits per heavy atom. The predicted molar refractivity (Wildman–Crippen MR) is 163 cm³/mol. The highest BCUT2D eigenvalue weighted by Gasteiger charge is 2.34. The summed E-state index contributed by atoms with van der Waals surface area (Å²) in [4.78, 5) is 93.7. The van der Waals surface area contributed by atoms with E-state index in [4.69, 9.17) is 28.7 Å². The molecule has 0 aromatic rings. The van der Waals surface area contributed by atoms with Gasteiger partial charge in [0.1, 0.15) is 29.9 Å². The molecule has 0 spiro atoms. The van der Waals surface area contributed by atoms with Crippen molar-refractivity contribution < 1.29 is 33.6 Å². The molecule has 0 aromatic carbocycles. The Kier molecular flexibility index (Phi) is 14.6. The molecule has 2 rings (SSSR count). The number of hydrogen-bond acceptors (Lipinski definition) is 13. The summed E-state index contributed by atoms with van der Waals surface area (Å²) in [7, 11) is 0. The first kappa shape index (κ1) is 37.2. The molecule has 256 valence electrons. The molecule has 0 bridgehead atoms. The number of nitrogens with zero attached hydrogens (tertiary/aromatic N) is 1. The molecule has 2 aliphatic rings. The lowest BCUT2D eigenvalue weighted by Crippen LogP contribution is -2.63. The van der Waals surface area contributed by atoms with Crippen molar-refractivity contribution in [3.8, 4) is 0 Å². The maximum Gasteiger partial charge on any atom is 0.316 e. The molecular formula is C25H44N14O7. The van der Waals surface area contributed by atoms with E-state index in [2.05, 4.69) is 47.5 Å². The van der Waals surface area contributed by atoms with Crippen LogP contribution in [0.3, 0.4) is 0 Å². The molecule has 1 saturated heterocycles. The third-order valence-corrected chi connectivity index (χ3v) is 6.84. The Bertz CT molecular complexity index is 1230. The molecule has 2 aliphatic heterocycles. The number of carbonyl (C=O) groups excluding carboxylic acids is 7. The Labute approximate surface area is 264 Å². The van der Waals surface area contributed by atoms with Crippen molar-refractivity contribution in [2.24, 2.45) is 33.7 Å². The van der Waals surface area contributed by atoms with E-state index in [-0.39, 0.29) is 31.9 Å². The topological polar surface area (TPSA) is 358 Å². The maximum absolute atomic E-state index is 13.4. The highest BCUT2D eigenvalue weighted by molar-refractivity contribution is 6.02. The van der Waals surface area contributed by atoms with Gasteiger partial charge in [0.2, 0.25) is 29.5 Å². The molecule has 21 nitrogen and oxygen atoms in total. The second kappa shape index (κ2) is 18.1. The number of urea groups is 1. The van der Waals surface area contributed by atoms with Crippen molar-refractivity contribution in [1.29, 1.82) is 0 Å². The Hall–Kier alpha value is -5.02. The van der Waals surface area contributed by atoms with Gasteiger partial charge in [0.25, 0.3) is 5.91 Å². The van der Waals surface area contributed by atoms with Crippen LogP contribution in [0.1, 0.15) is 32.6 Å². The lowest BCUT2D eigenvalue weighted by molar-refractivity contribution is -0.133. The number of nitrogens with one attached hydrogen (secondary N) is 8. The minimum absolute atomic E-state index is 0.0101. The van der Waals surface area contributed by atoms with Gasteiger partial charge in [-0.1, -0.05) is 0 Å². The molecule has 8 amide bonds. The van der Waals surface area contributed by atoms with Crippen LogP contribution in [-0.4, -0.2) is 110 Å². The SMILES string of the molecule is CC1NC(=O)C(N)CNC(=O)C(C2CCN=C(N)N2)NC(=O)/C(=C/NC(N)=O)NC(=O)C(CNC(=O)CC(N)CCCN)NC1=O. The Balaban J connectivity index is 2.42. The highest BCUT2D eigenvalue weighted by Crippen LogP contribution is 2.07. The number of rotatable bonds is 9. The van der Waals surface area contributed by atoms with Crippen LogP contribution in [0.15, 0.2) is 16.9 Å². The molecule has 18 N–H and O–H groups in total. The van der Waals surface area contributed by atoms with Crippen LogP contribution in [0.25, 0.3) is 0 Å². The van der Waals surface area contributed by atoms with Crippen molar-refractivity contribution in [2.75, 3.05) is 26.2 Å². The van der Waals surface area contributed by atoms with E-state index in [1.807, 2.05) is 0 Å². The number of carbonyl (C=O) groups is 7. The fraction of sp³-hybridized carbons (Fsp3) is 0.600. The molecule has 0 radical (unpaired) electrons. The summed E-state index contributed by atoms with van der Waals surface area (Å²) in [6.45, 7) is 1.08. The summed E-state index contributed by atoms with van der Waals surface area (Å²) < 4.78 is 0. The fourth-order valence-corrected chi connectivity index (χ4v) is 4.28. The Morgan fingerprint density at radius 1 is 1.04 bits per heavy atom. The van der Waals surface area contributed by atoms with E-state index in [1.165, 1.54) is 6.92 Å². The van der Waals surface area contributed by atoms with Crippen molar-refractivity contribution in [3.05, 3.63) is 11.9 Å². The second-order valence-electron chi connectivity index (χ2n) is 10.7. The van der Waals surface area contributed by atoms with Crippen molar-refractivity contribution in [3.63, 3.8) is 0 Å². The molecule has 0 saturated carbocycles. The number of primary amides is 1. The zero-order valence-corrected chi connectivity index (χ0v) is 25.4. The van der Waals surface area contributed by atoms with Crippen molar-refractivity contribution in [1.82, 2.24) is 42.5 Å². The summed E-state index contributed by atoms with van der Waals surface area (Å²) in [5, 5.41) is 19.4. The van der Waals surface area contributed by atoms with Gasteiger partial charge in [-0.15, -0.1) is 0 Å². The molecule has 46 heavy (non-hydrogen) atoms. The first-order chi connectivity index (χ1) is 21.7. The van der Waals surface area contributed by atoms with E-state index in [9.17, 15) is 33.6 Å². The van der Waals surface area contributed by atoms with Crippen LogP contribution < -0.4 is 71.2 Å². The quantitative estimate of drug-likeness (QED) is 0.103. The summed E-state index contributed by atoms with van der Waals surface area (Å²) in [5.41, 5.74) is 27.7. The van der Waals surface area contributed by atoms with Crippen LogP contribution in [0.5, 0.6) is 0 Å². The van der Waals surface area contributed by atoms with Crippen molar-refractivity contribution >= 4 is 47.4 Å². The van der Waals surface area contributed by atoms with Crippen LogP contribution in [-0.2, 0) is 28.8 Å². The number of hydrogen-bond donors (Lipinski definition) is 13. The first-order valence-corrected chi connectivity index (χ1v) is 14.5. The van der Waals surface area contributed by atoms with Gasteiger partial charge in [0.15, 0.2) is 5.96 Å². The summed E-state index contributed by atoms with van der Waals surface area (Å²) >= 11 is 0. The van der Waals surface area contributed by atoms with E-state index < -0.39 is 90.0 Å². The van der Waals surface area contributed by atoms with Gasteiger partial charge in [0.05, 0.1) is 6.04 Å². The molecule has 0 aromatic heterocycles. The molecule has 0 aliphatic carbocycles. The van der Waals surface area contributed by atoms with Gasteiger partial charge in [0, 0.05) is 38.3 Å². The van der Waals surface area contributed by atoms with Gasteiger partial charge in [-0.2, -0.15) is 0 Å². The molecule has 21 heteroatoms. The number of guanidine groups is 1. The zero-order chi connectivity index (χ0) is 34.4. The Morgan fingerprint density at radius 2 is 1.76 bits per heavy atom. The minimum atomic E-state index is -1.52. The minimum Gasteiger partial charge on any atom is -0.370 e. The third kappa shape index (κ3) is 12.2. The van der Waals surface area contributed by atoms with Gasteiger partial charge >= 0.3 is 6.03 Å². The maximum atomic E-state index is 13.4. The summed E-state index contributed by atoms with van der Waals surface area (Å²) in [6, 6.07) is -7.79. The summed E-state index contributed by atoms with van der Waals surface area (Å²) in [5.74, 6) is -5.04. The monoisotopic (exact) mass is 652 g/mol. The van der Waals surface area contributed by atoms with Gasteiger partial charge in [-0.05, 0) is 32.7 Å². The average Bonchev–Trinajstić information content (AvgIpc) is 3.00. The smallest absolute Gasteiger partial charge is 0.316 e. The van der Waals surface area contributed by atoms with Gasteiger partial charge in [-0.25, -0.2) is 4.79 Å². The highest BCUT2D eigenvalue weighted by atomic mass is 16.2. The lowest BCUT2D eigenvalue weighted by atomic mass is 10.0. The van der Waals surface area contributed by atoms with Crippen LogP contribution in [0.2, 0.25) is 0 Å². The van der Waals surface area contributed by atoms with Gasteiger partial charge in [-0.3, -0.25) is 33.8 Å². The number of amides is 8. The molecule has 6 unspecified atom stereocenters. The van der Waals surface area contributed by atoms with Gasteiger partial charge < -0.3 is 71.2 Å². The first-order valence-electron chi connectivity index (χ1n) is 14.5. The molecule has 2 heterocycles. The largest absolute Gasteiger partial charge is 0.370 e. The third-order valence-electron chi connectivity index (χ3n) is 6.84. The lowest BCUT2D eigenvalue weighted by Gasteiger charge is -2.31. The fourth-order valence-electron chi connectivity index (χ4n) is 4.28. The molecule has 1 fully saturated rings. The summed E-state index contributed by atoms with van der Waals surface area (Å²) in [6.07, 6.45) is 2.01. The van der Waals surface area contributed by atoms with Crippen LogP contribution >= 0.6 is 0 Å². The van der Waals surface area contributed by atoms with Crippen LogP contribution in [0.4, 0.5) is 4.79 Å². The standard InChI is InChI=1S/C25H44N14O7/c1-11-19(41)36-15(9-32-17(40)7-12(27)3-2-5-26)21(43)37-16(10-34-25(30)46)22(44)39-18(14-4-6-31-24(29)38-14)23(45)33-8-13(28)20(42)35-11/h10-15,18H,2-9,26-28H2,1H3,(H,32,40)(H,33,45)(H,35,42)(H,36,41)(H,37,43)(H,39,44)(H3,29,31,38)(H3,30,34,46)/b16-10-. The normalized spacial score (nSPS) is 26.6. The number of nitrogens with two attached hydrogens (primary N) is 5. The van der Waals surface area contributed by atoms with Crippen molar-refractivity contribution in [2.45, 2.75) is 68.9 Å². The predicted octanol–water partition coefficient (Wildman–Crippen LogP) is -7.21. The van der Waals surface area contributed by atoms with Crippen LogP contribution in [0, 0.1) is 0 Å². The molecular weight excluding hydrogens is 608 g/mol. The molecule has 6 atom stereocenters. The number of aliphatic imine (C=N–C) groups is 1. The second-order valence-corrected chi connectivity index (χ2v) is 10.7. The average molecular weight is 653 g/mol. The zero-order valence-electron chi connectivity index (χ0n) is 25.4. The van der Waals surface area contributed by atoms with E-state index in [0.717, 1.165) is 6.20 Å². The van der Waals surface area contributed by atoms with E-state index >= 15 is 0 Å².